The van der Waals surface area contributed by atoms with Crippen LogP contribution in [0.1, 0.15) is 46.0 Å². The third kappa shape index (κ3) is 3.42. The van der Waals surface area contributed by atoms with Crippen LogP contribution in [-0.4, -0.2) is 29.7 Å². The lowest BCUT2D eigenvalue weighted by Crippen LogP contribution is -2.54. The summed E-state index contributed by atoms with van der Waals surface area (Å²) >= 11 is 0. The molecule has 4 nitrogen and oxygen atoms in total. The van der Waals surface area contributed by atoms with Gasteiger partial charge in [0, 0.05) is 13.2 Å². The van der Waals surface area contributed by atoms with Crippen LogP contribution < -0.4 is 11.1 Å². The monoisotopic (exact) mass is 242 g/mol. The standard InChI is InChI=1S/C13H26N2O2/c1-3-13(14,4-2)12(17)15-8-10-6-5-7-11(10)9-16/h10-11,16H,3-9,14H2,1-2H3,(H,15,17). The Balaban J connectivity index is 2.42. The molecule has 2 atom stereocenters. The highest BCUT2D eigenvalue weighted by atomic mass is 16.3. The number of carbonyl (C=O) groups is 1. The number of nitrogens with one attached hydrogen (secondary N) is 1. The Labute approximate surface area is 104 Å². The molecule has 1 rings (SSSR count). The molecule has 0 aromatic rings. The molecule has 17 heavy (non-hydrogen) atoms. The van der Waals surface area contributed by atoms with Gasteiger partial charge in [0.2, 0.25) is 5.91 Å². The summed E-state index contributed by atoms with van der Waals surface area (Å²) in [6.45, 7) is 4.77. The highest BCUT2D eigenvalue weighted by molar-refractivity contribution is 5.85. The highest BCUT2D eigenvalue weighted by Crippen LogP contribution is 2.30. The van der Waals surface area contributed by atoms with Crippen molar-refractivity contribution in [3.63, 3.8) is 0 Å². The minimum Gasteiger partial charge on any atom is -0.396 e. The number of carbonyl (C=O) groups excluding carboxylic acids is 1. The Hall–Kier alpha value is -0.610. The van der Waals surface area contributed by atoms with Crippen molar-refractivity contribution in [1.29, 1.82) is 0 Å². The fourth-order valence-electron chi connectivity index (χ4n) is 2.59. The predicted molar refractivity (Wildman–Crippen MR) is 68.4 cm³/mol. The summed E-state index contributed by atoms with van der Waals surface area (Å²) in [7, 11) is 0. The second-order valence-electron chi connectivity index (χ2n) is 5.21. The van der Waals surface area contributed by atoms with E-state index in [-0.39, 0.29) is 12.5 Å². The van der Waals surface area contributed by atoms with E-state index in [1.165, 1.54) is 0 Å². The maximum Gasteiger partial charge on any atom is 0.240 e. The molecule has 2 unspecified atom stereocenters. The quantitative estimate of drug-likeness (QED) is 0.651. The lowest BCUT2D eigenvalue weighted by Gasteiger charge is -2.27. The molecule has 0 aromatic heterocycles. The Bertz CT molecular complexity index is 252. The van der Waals surface area contributed by atoms with Crippen LogP contribution in [0.3, 0.4) is 0 Å². The largest absolute Gasteiger partial charge is 0.396 e. The van der Waals surface area contributed by atoms with Crippen LogP contribution in [0.4, 0.5) is 0 Å². The SMILES string of the molecule is CCC(N)(CC)C(=O)NCC1CCCC1CO. The van der Waals surface area contributed by atoms with Crippen molar-refractivity contribution in [3.05, 3.63) is 0 Å². The number of nitrogens with two attached hydrogens (primary N) is 1. The Morgan fingerprint density at radius 3 is 2.47 bits per heavy atom. The number of aliphatic hydroxyl groups excluding tert-OH is 1. The zero-order chi connectivity index (χ0) is 12.9. The van der Waals surface area contributed by atoms with E-state index in [1.807, 2.05) is 13.8 Å². The van der Waals surface area contributed by atoms with Crippen LogP contribution in [0.25, 0.3) is 0 Å². The molecule has 4 N–H and O–H groups in total. The van der Waals surface area contributed by atoms with Gasteiger partial charge in [-0.1, -0.05) is 20.3 Å². The van der Waals surface area contributed by atoms with E-state index in [2.05, 4.69) is 5.32 Å². The number of aliphatic hydroxyl groups is 1. The van der Waals surface area contributed by atoms with Gasteiger partial charge < -0.3 is 16.2 Å². The summed E-state index contributed by atoms with van der Waals surface area (Å²) in [6, 6.07) is 0. The van der Waals surface area contributed by atoms with Gasteiger partial charge in [0.15, 0.2) is 0 Å². The topological polar surface area (TPSA) is 75.4 Å². The third-order valence-corrected chi connectivity index (χ3v) is 4.29. The second-order valence-corrected chi connectivity index (χ2v) is 5.21. The molecule has 1 aliphatic rings. The molecule has 0 spiro atoms. The van der Waals surface area contributed by atoms with Gasteiger partial charge in [-0.2, -0.15) is 0 Å². The summed E-state index contributed by atoms with van der Waals surface area (Å²) in [4.78, 5) is 12.0. The summed E-state index contributed by atoms with van der Waals surface area (Å²) in [5.41, 5.74) is 5.30. The number of hydrogen-bond acceptors (Lipinski definition) is 3. The first-order valence-electron chi connectivity index (χ1n) is 6.75. The van der Waals surface area contributed by atoms with Gasteiger partial charge in [-0.25, -0.2) is 0 Å². The zero-order valence-corrected chi connectivity index (χ0v) is 11.0. The van der Waals surface area contributed by atoms with Gasteiger partial charge in [0.1, 0.15) is 0 Å². The van der Waals surface area contributed by atoms with Gasteiger partial charge in [-0.15, -0.1) is 0 Å². The lowest BCUT2D eigenvalue weighted by atomic mass is 9.92. The van der Waals surface area contributed by atoms with Crippen LogP contribution in [-0.2, 0) is 4.79 Å². The van der Waals surface area contributed by atoms with Crippen molar-refractivity contribution in [2.24, 2.45) is 17.6 Å². The summed E-state index contributed by atoms with van der Waals surface area (Å²) in [6.07, 6.45) is 4.64. The predicted octanol–water partition coefficient (Wildman–Crippen LogP) is 1.03. The van der Waals surface area contributed by atoms with E-state index in [0.717, 1.165) is 19.3 Å². The van der Waals surface area contributed by atoms with Crippen molar-refractivity contribution in [2.75, 3.05) is 13.2 Å². The highest BCUT2D eigenvalue weighted by Gasteiger charge is 2.32. The summed E-state index contributed by atoms with van der Waals surface area (Å²) in [5, 5.41) is 12.2. The van der Waals surface area contributed by atoms with Crippen LogP contribution >= 0.6 is 0 Å². The molecule has 1 fully saturated rings. The fraction of sp³-hybridized carbons (Fsp3) is 0.923. The van der Waals surface area contributed by atoms with E-state index in [4.69, 9.17) is 5.73 Å². The molecule has 100 valence electrons. The van der Waals surface area contributed by atoms with Gasteiger partial charge in [0.25, 0.3) is 0 Å². The smallest absolute Gasteiger partial charge is 0.240 e. The van der Waals surface area contributed by atoms with Crippen LogP contribution in [0.5, 0.6) is 0 Å². The number of amides is 1. The van der Waals surface area contributed by atoms with Gasteiger partial charge >= 0.3 is 0 Å². The van der Waals surface area contributed by atoms with Gasteiger partial charge in [-0.3, -0.25) is 4.79 Å². The summed E-state index contributed by atoms with van der Waals surface area (Å²) < 4.78 is 0. The Kier molecular flexibility index (Phi) is 5.40. The average Bonchev–Trinajstić information content (AvgIpc) is 2.82. The van der Waals surface area contributed by atoms with Crippen LogP contribution in [0, 0.1) is 11.8 Å². The first-order valence-corrected chi connectivity index (χ1v) is 6.75. The molecule has 0 saturated heterocycles. The van der Waals surface area contributed by atoms with Crippen molar-refractivity contribution in [2.45, 2.75) is 51.5 Å². The third-order valence-electron chi connectivity index (χ3n) is 4.29. The van der Waals surface area contributed by atoms with Crippen molar-refractivity contribution in [1.82, 2.24) is 5.32 Å². The fourth-order valence-corrected chi connectivity index (χ4v) is 2.59. The lowest BCUT2D eigenvalue weighted by molar-refractivity contribution is -0.126. The van der Waals surface area contributed by atoms with Crippen molar-refractivity contribution < 1.29 is 9.90 Å². The summed E-state index contributed by atoms with van der Waals surface area (Å²) in [5.74, 6) is 0.721. The molecule has 1 aliphatic carbocycles. The molecule has 1 saturated carbocycles. The molecule has 0 radical (unpaired) electrons. The molecule has 0 aliphatic heterocycles. The normalized spacial score (nSPS) is 24.9. The van der Waals surface area contributed by atoms with Crippen LogP contribution in [0.15, 0.2) is 0 Å². The molecule has 4 heteroatoms. The van der Waals surface area contributed by atoms with Crippen molar-refractivity contribution >= 4 is 5.91 Å². The Morgan fingerprint density at radius 2 is 1.94 bits per heavy atom. The maximum atomic E-state index is 12.0. The van der Waals surface area contributed by atoms with E-state index in [0.29, 0.717) is 31.2 Å². The number of rotatable bonds is 6. The second kappa shape index (κ2) is 6.36. The van der Waals surface area contributed by atoms with Crippen LogP contribution in [0.2, 0.25) is 0 Å². The van der Waals surface area contributed by atoms with Gasteiger partial charge in [-0.05, 0) is 37.5 Å². The molecule has 0 aromatic carbocycles. The molecule has 0 bridgehead atoms. The van der Waals surface area contributed by atoms with E-state index in [9.17, 15) is 9.90 Å². The van der Waals surface area contributed by atoms with Gasteiger partial charge in [0.05, 0.1) is 5.54 Å². The minimum absolute atomic E-state index is 0.0499. The molecular formula is C13H26N2O2. The molecular weight excluding hydrogens is 216 g/mol. The van der Waals surface area contributed by atoms with E-state index < -0.39 is 5.54 Å². The molecule has 0 heterocycles. The number of hydrogen-bond donors (Lipinski definition) is 3. The van der Waals surface area contributed by atoms with E-state index in [1.54, 1.807) is 0 Å². The zero-order valence-electron chi connectivity index (χ0n) is 11.0. The minimum atomic E-state index is -0.729. The first kappa shape index (κ1) is 14.5. The maximum absolute atomic E-state index is 12.0. The first-order chi connectivity index (χ1) is 8.07. The Morgan fingerprint density at radius 1 is 1.35 bits per heavy atom. The molecule has 1 amide bonds. The average molecular weight is 242 g/mol. The van der Waals surface area contributed by atoms with Crippen molar-refractivity contribution in [3.8, 4) is 0 Å². The van der Waals surface area contributed by atoms with E-state index >= 15 is 0 Å².